The number of carbonyl (C=O) groups is 1. The summed E-state index contributed by atoms with van der Waals surface area (Å²) in [6, 6.07) is 0. The Kier molecular flexibility index (Phi) is 23.1. The Balaban J connectivity index is 3.56. The number of ketones is 1. The van der Waals surface area contributed by atoms with Gasteiger partial charge in [-0.05, 0) is 6.42 Å². The summed E-state index contributed by atoms with van der Waals surface area (Å²) in [4.78, 5) is 23.4. The number of hydrogen-bond donors (Lipinski definition) is 0. The first-order valence-electron chi connectivity index (χ1n) is 12.2. The first-order valence-corrected chi connectivity index (χ1v) is 14.8. The maximum Gasteiger partial charge on any atom is 0.267 e. The van der Waals surface area contributed by atoms with Gasteiger partial charge in [0.2, 0.25) is 0 Å². The normalized spacial score (nSPS) is 14.4. The van der Waals surface area contributed by atoms with Gasteiger partial charge < -0.3 is 23.4 Å². The van der Waals surface area contributed by atoms with Crippen LogP contribution >= 0.6 is 23.8 Å². The molecule has 0 fully saturated rings. The van der Waals surface area contributed by atoms with E-state index in [9.17, 15) is 14.3 Å². The minimum atomic E-state index is -4.35. The third-order valence-corrected chi connectivity index (χ3v) is 6.49. The molecule has 0 aromatic carbocycles. The van der Waals surface area contributed by atoms with Crippen LogP contribution in [-0.2, 0) is 27.9 Å². The predicted molar refractivity (Wildman–Crippen MR) is 130 cm³/mol. The molecule has 0 rings (SSSR count). The zero-order chi connectivity index (χ0) is 23.9. The Morgan fingerprint density at radius 1 is 0.875 bits per heavy atom. The summed E-state index contributed by atoms with van der Waals surface area (Å²) in [5, 5.41) is 0.390. The second kappa shape index (κ2) is 22.9. The van der Waals surface area contributed by atoms with E-state index in [4.69, 9.17) is 14.0 Å². The number of unbranched alkanes of at least 4 members (excludes halogenated alkanes) is 12. The third kappa shape index (κ3) is 22.0. The molecule has 0 spiro atoms. The predicted octanol–water partition coefficient (Wildman–Crippen LogP) is 5.96. The second-order valence-electron chi connectivity index (χ2n) is 8.17. The lowest BCUT2D eigenvalue weighted by Gasteiger charge is -2.24. The molecule has 9 heteroatoms. The lowest BCUT2D eigenvalue weighted by Crippen LogP contribution is -2.26. The first-order chi connectivity index (χ1) is 15.4. The van der Waals surface area contributed by atoms with Crippen molar-refractivity contribution in [2.75, 3.05) is 38.9 Å². The fourth-order valence-electron chi connectivity index (χ4n) is 3.26. The van der Waals surface area contributed by atoms with E-state index < -0.39 is 13.9 Å². The van der Waals surface area contributed by atoms with Crippen LogP contribution in [0.4, 0.5) is 0 Å². The summed E-state index contributed by atoms with van der Waals surface area (Å²) in [6.07, 6.45) is 16.5. The molecule has 0 saturated heterocycles. The van der Waals surface area contributed by atoms with Gasteiger partial charge in [-0.15, -0.1) is 0 Å². The van der Waals surface area contributed by atoms with Gasteiger partial charge in [-0.1, -0.05) is 99.9 Å². The molecule has 0 aromatic rings. The molecule has 0 N–H and O–H groups in total. The van der Waals surface area contributed by atoms with Crippen LogP contribution in [0.1, 0.15) is 96.8 Å². The largest absolute Gasteiger partial charge is 0.756 e. The van der Waals surface area contributed by atoms with Gasteiger partial charge in [0, 0.05) is 18.9 Å². The number of methoxy groups -OCH3 is 1. The molecule has 0 aromatic heterocycles. The van der Waals surface area contributed by atoms with Crippen molar-refractivity contribution in [3.8, 4) is 0 Å². The summed E-state index contributed by atoms with van der Waals surface area (Å²) in [5.41, 5.74) is 0. The third-order valence-electron chi connectivity index (χ3n) is 5.20. The minimum Gasteiger partial charge on any atom is -0.756 e. The van der Waals surface area contributed by atoms with Crippen LogP contribution in [0.25, 0.3) is 0 Å². The zero-order valence-corrected chi connectivity index (χ0v) is 22.7. The van der Waals surface area contributed by atoms with Crippen LogP contribution in [0.5, 0.6) is 0 Å². The fraction of sp³-hybridized carbons (Fsp3) is 0.957. The highest BCUT2D eigenvalue weighted by atomic mass is 79.9. The van der Waals surface area contributed by atoms with Crippen LogP contribution in [-0.4, -0.2) is 50.8 Å². The zero-order valence-electron chi connectivity index (χ0n) is 20.2. The van der Waals surface area contributed by atoms with E-state index in [1.54, 1.807) is 0 Å². The van der Waals surface area contributed by atoms with Crippen molar-refractivity contribution >= 4 is 29.5 Å². The monoisotopic (exact) mass is 543 g/mol. The summed E-state index contributed by atoms with van der Waals surface area (Å²) in [6.45, 7) is 2.13. The van der Waals surface area contributed by atoms with E-state index in [-0.39, 0.29) is 32.2 Å². The summed E-state index contributed by atoms with van der Waals surface area (Å²) in [5.74, 6) is 0.0546. The molecule has 0 aliphatic rings. The lowest BCUT2D eigenvalue weighted by atomic mass is 10.0. The number of Topliss-reactive ketones (excluding diaryl/α,β-unsaturated/α-hetero) is 1. The first kappa shape index (κ1) is 32.2. The smallest absolute Gasteiger partial charge is 0.267 e. The Hall–Kier alpha value is 0.180. The van der Waals surface area contributed by atoms with Crippen molar-refractivity contribution in [2.45, 2.75) is 103 Å². The quantitative estimate of drug-likeness (QED) is 0.0795. The highest BCUT2D eigenvalue weighted by Crippen LogP contribution is 2.38. The van der Waals surface area contributed by atoms with Crippen LogP contribution < -0.4 is 4.89 Å². The van der Waals surface area contributed by atoms with E-state index in [1.807, 2.05) is 0 Å². The Bertz CT molecular complexity index is 479. The number of phosphoric acid groups is 1. The van der Waals surface area contributed by atoms with Gasteiger partial charge in [-0.25, -0.2) is 0 Å². The topological polar surface area (TPSA) is 94.1 Å². The summed E-state index contributed by atoms with van der Waals surface area (Å²) < 4.78 is 31.4. The number of phosphoric ester groups is 1. The summed E-state index contributed by atoms with van der Waals surface area (Å²) in [7, 11) is -2.92. The van der Waals surface area contributed by atoms with Crippen molar-refractivity contribution in [3.63, 3.8) is 0 Å². The molecule has 32 heavy (non-hydrogen) atoms. The number of carbonyl (C=O) groups excluding carboxylic acids is 1. The Morgan fingerprint density at radius 2 is 1.41 bits per heavy atom. The molecule has 0 heterocycles. The van der Waals surface area contributed by atoms with E-state index >= 15 is 0 Å². The average molecular weight is 544 g/mol. The number of hydrogen-bond acceptors (Lipinski definition) is 7. The maximum atomic E-state index is 11.9. The molecule has 0 aliphatic carbocycles. The molecule has 2 atom stereocenters. The molecular weight excluding hydrogens is 499 g/mol. The molecule has 0 amide bonds. The van der Waals surface area contributed by atoms with Gasteiger partial charge in [0.1, 0.15) is 12.7 Å². The second-order valence-corrected chi connectivity index (χ2v) is 10.4. The van der Waals surface area contributed by atoms with Crippen molar-refractivity contribution in [1.29, 1.82) is 0 Å². The van der Waals surface area contributed by atoms with Crippen molar-refractivity contribution in [1.82, 2.24) is 0 Å². The number of ether oxygens (including phenoxy) is 2. The molecular formula is C23H45BrO7P-. The number of alkyl halides is 1. The standard InChI is InChI=1S/C23H46BrO7P/c1-3-4-5-6-7-8-9-10-11-12-13-14-15-16-22(25)19-29-20-23(28-2)21-31-32(26,27)30-18-17-24/h23H,3-21H2,1-2H3,(H,26,27)/p-1. The fourth-order valence-corrected chi connectivity index (χ4v) is 4.41. The molecule has 0 bridgehead atoms. The number of halogens is 1. The highest BCUT2D eigenvalue weighted by molar-refractivity contribution is 9.09. The lowest BCUT2D eigenvalue weighted by molar-refractivity contribution is -0.227. The summed E-state index contributed by atoms with van der Waals surface area (Å²) >= 11 is 3.08. The van der Waals surface area contributed by atoms with Gasteiger partial charge in [-0.3, -0.25) is 9.36 Å². The van der Waals surface area contributed by atoms with E-state index in [0.717, 1.165) is 12.8 Å². The highest BCUT2D eigenvalue weighted by Gasteiger charge is 2.15. The van der Waals surface area contributed by atoms with Crippen LogP contribution in [0.3, 0.4) is 0 Å². The van der Waals surface area contributed by atoms with Crippen LogP contribution in [0.15, 0.2) is 0 Å². The molecule has 7 nitrogen and oxygen atoms in total. The van der Waals surface area contributed by atoms with Crippen molar-refractivity contribution < 1.29 is 32.8 Å². The van der Waals surface area contributed by atoms with Crippen molar-refractivity contribution in [2.24, 2.45) is 0 Å². The SMILES string of the molecule is CCCCCCCCCCCCCCCC(=O)COCC(COP(=O)([O-])OCCBr)OC. The van der Waals surface area contributed by atoms with Gasteiger partial charge >= 0.3 is 0 Å². The van der Waals surface area contributed by atoms with E-state index in [0.29, 0.717) is 11.8 Å². The van der Waals surface area contributed by atoms with Gasteiger partial charge in [0.15, 0.2) is 5.78 Å². The minimum absolute atomic E-state index is 0.00260. The van der Waals surface area contributed by atoms with Crippen LogP contribution in [0.2, 0.25) is 0 Å². The Labute approximate surface area is 204 Å². The molecule has 0 radical (unpaired) electrons. The average Bonchev–Trinajstić information content (AvgIpc) is 2.77. The number of rotatable bonds is 25. The Morgan fingerprint density at radius 3 is 1.91 bits per heavy atom. The molecule has 2 unspecified atom stereocenters. The van der Waals surface area contributed by atoms with E-state index in [1.165, 1.54) is 77.7 Å². The maximum absolute atomic E-state index is 11.9. The van der Waals surface area contributed by atoms with Crippen molar-refractivity contribution in [3.05, 3.63) is 0 Å². The molecule has 192 valence electrons. The molecule has 0 saturated carbocycles. The van der Waals surface area contributed by atoms with E-state index in [2.05, 4.69) is 27.4 Å². The van der Waals surface area contributed by atoms with Gasteiger partial charge in [-0.2, -0.15) is 0 Å². The van der Waals surface area contributed by atoms with Crippen LogP contribution in [0, 0.1) is 0 Å². The van der Waals surface area contributed by atoms with Gasteiger partial charge in [0.05, 0.1) is 19.8 Å². The van der Waals surface area contributed by atoms with Gasteiger partial charge in [0.25, 0.3) is 7.82 Å². The molecule has 0 aliphatic heterocycles.